The molecule has 1 heterocycles. The summed E-state index contributed by atoms with van der Waals surface area (Å²) in [6.45, 7) is 2.96. The lowest BCUT2D eigenvalue weighted by molar-refractivity contribution is 0.0610. The number of hydrazine groups is 1. The molecule has 1 aromatic carbocycles. The van der Waals surface area contributed by atoms with Crippen LogP contribution in [0.25, 0.3) is 0 Å². The van der Waals surface area contributed by atoms with E-state index in [0.717, 1.165) is 25.0 Å². The number of nitrogens with two attached hydrogens (primary N) is 1. The summed E-state index contributed by atoms with van der Waals surface area (Å²) in [5.74, 6) is 5.86. The van der Waals surface area contributed by atoms with Gasteiger partial charge in [0.1, 0.15) is 5.82 Å². The minimum absolute atomic E-state index is 0.0554. The molecule has 0 spiro atoms. The first-order chi connectivity index (χ1) is 8.61. The Morgan fingerprint density at radius 1 is 1.61 bits per heavy atom. The van der Waals surface area contributed by atoms with Crippen molar-refractivity contribution in [2.45, 2.75) is 31.9 Å². The fourth-order valence-corrected chi connectivity index (χ4v) is 2.85. The summed E-state index contributed by atoms with van der Waals surface area (Å²) in [5, 5.41) is 0. The van der Waals surface area contributed by atoms with Gasteiger partial charge < -0.3 is 4.74 Å². The number of hydrogen-bond donors (Lipinski definition) is 2. The van der Waals surface area contributed by atoms with Crippen LogP contribution in [0.4, 0.5) is 4.39 Å². The van der Waals surface area contributed by atoms with Gasteiger partial charge in [-0.05, 0) is 52.4 Å². The molecule has 18 heavy (non-hydrogen) atoms. The van der Waals surface area contributed by atoms with Gasteiger partial charge in [-0.15, -0.1) is 0 Å². The second-order valence-electron chi connectivity index (χ2n) is 4.83. The number of rotatable bonds is 4. The van der Waals surface area contributed by atoms with Crippen molar-refractivity contribution in [2.75, 3.05) is 6.61 Å². The van der Waals surface area contributed by atoms with Gasteiger partial charge in [0.15, 0.2) is 0 Å². The van der Waals surface area contributed by atoms with Crippen molar-refractivity contribution in [3.63, 3.8) is 0 Å². The maximum atomic E-state index is 13.2. The fourth-order valence-electron chi connectivity index (χ4n) is 2.42. The molecule has 0 radical (unpaired) electrons. The van der Waals surface area contributed by atoms with Gasteiger partial charge in [0.25, 0.3) is 0 Å². The molecule has 5 heteroatoms. The normalized spacial score (nSPS) is 25.3. The van der Waals surface area contributed by atoms with Crippen molar-refractivity contribution in [2.24, 2.45) is 11.8 Å². The third-order valence-corrected chi connectivity index (χ3v) is 4.10. The van der Waals surface area contributed by atoms with E-state index in [1.165, 1.54) is 6.07 Å². The summed E-state index contributed by atoms with van der Waals surface area (Å²) in [5.41, 5.74) is 3.86. The standard InChI is InChI=1S/C13H18BrFN2O/c1-8-4-5-18-13(8)12(17-16)7-9-2-3-11(15)10(14)6-9/h2-3,6,8,12-13,17H,4-5,7,16H2,1H3. The van der Waals surface area contributed by atoms with Crippen LogP contribution >= 0.6 is 15.9 Å². The second-order valence-corrected chi connectivity index (χ2v) is 5.68. The molecule has 0 bridgehead atoms. The third kappa shape index (κ3) is 3.09. The molecule has 3 atom stereocenters. The number of halogens is 2. The quantitative estimate of drug-likeness (QED) is 0.662. The van der Waals surface area contributed by atoms with Gasteiger partial charge in [-0.2, -0.15) is 0 Å². The number of nitrogens with one attached hydrogen (secondary N) is 1. The minimum atomic E-state index is -0.249. The highest BCUT2D eigenvalue weighted by atomic mass is 79.9. The molecule has 3 nitrogen and oxygen atoms in total. The average molecular weight is 317 g/mol. The molecule has 1 saturated heterocycles. The van der Waals surface area contributed by atoms with Gasteiger partial charge in [0.2, 0.25) is 0 Å². The van der Waals surface area contributed by atoms with E-state index in [-0.39, 0.29) is 18.0 Å². The number of ether oxygens (including phenoxy) is 1. The van der Waals surface area contributed by atoms with Gasteiger partial charge in [-0.1, -0.05) is 13.0 Å². The van der Waals surface area contributed by atoms with Crippen molar-refractivity contribution < 1.29 is 9.13 Å². The van der Waals surface area contributed by atoms with Gasteiger partial charge >= 0.3 is 0 Å². The molecule has 1 aliphatic heterocycles. The molecule has 100 valence electrons. The first-order valence-electron chi connectivity index (χ1n) is 6.13. The molecule has 0 amide bonds. The summed E-state index contributed by atoms with van der Waals surface area (Å²) in [7, 11) is 0. The first kappa shape index (κ1) is 13.9. The summed E-state index contributed by atoms with van der Waals surface area (Å²) < 4.78 is 19.4. The molecule has 2 rings (SSSR count). The minimum Gasteiger partial charge on any atom is -0.376 e. The van der Waals surface area contributed by atoms with Crippen LogP contribution in [-0.2, 0) is 11.2 Å². The maximum Gasteiger partial charge on any atom is 0.137 e. The van der Waals surface area contributed by atoms with Crippen LogP contribution in [-0.4, -0.2) is 18.8 Å². The van der Waals surface area contributed by atoms with Crippen molar-refractivity contribution in [3.05, 3.63) is 34.1 Å². The lowest BCUT2D eigenvalue weighted by Gasteiger charge is -2.25. The molecule has 0 saturated carbocycles. The Hall–Kier alpha value is -0.490. The summed E-state index contributed by atoms with van der Waals surface area (Å²) in [6.07, 6.45) is 1.92. The van der Waals surface area contributed by atoms with Crippen LogP contribution in [0.1, 0.15) is 18.9 Å². The summed E-state index contributed by atoms with van der Waals surface area (Å²) >= 11 is 3.20. The highest BCUT2D eigenvalue weighted by Crippen LogP contribution is 2.25. The highest BCUT2D eigenvalue weighted by Gasteiger charge is 2.31. The Morgan fingerprint density at radius 2 is 2.39 bits per heavy atom. The van der Waals surface area contributed by atoms with Crippen molar-refractivity contribution in [1.29, 1.82) is 0 Å². The molecule has 0 aliphatic carbocycles. The van der Waals surface area contributed by atoms with Crippen LogP contribution in [0.15, 0.2) is 22.7 Å². The molecular weight excluding hydrogens is 299 g/mol. The number of benzene rings is 1. The second kappa shape index (κ2) is 6.10. The summed E-state index contributed by atoms with van der Waals surface area (Å²) in [4.78, 5) is 0. The fraction of sp³-hybridized carbons (Fsp3) is 0.538. The molecule has 1 aliphatic rings. The predicted molar refractivity (Wildman–Crippen MR) is 72.4 cm³/mol. The van der Waals surface area contributed by atoms with Crippen molar-refractivity contribution in [1.82, 2.24) is 5.43 Å². The van der Waals surface area contributed by atoms with E-state index in [0.29, 0.717) is 10.4 Å². The molecule has 3 unspecified atom stereocenters. The van der Waals surface area contributed by atoms with Gasteiger partial charge in [0.05, 0.1) is 16.6 Å². The smallest absolute Gasteiger partial charge is 0.137 e. The SMILES string of the molecule is CC1CCOC1C(Cc1ccc(F)c(Br)c1)NN. The average Bonchev–Trinajstić information content (AvgIpc) is 2.77. The van der Waals surface area contributed by atoms with E-state index >= 15 is 0 Å². The van der Waals surface area contributed by atoms with Gasteiger partial charge in [-0.25, -0.2) is 4.39 Å². The van der Waals surface area contributed by atoms with Gasteiger partial charge in [0, 0.05) is 6.61 Å². The van der Waals surface area contributed by atoms with E-state index in [9.17, 15) is 4.39 Å². The van der Waals surface area contributed by atoms with Crippen molar-refractivity contribution in [3.8, 4) is 0 Å². The highest BCUT2D eigenvalue weighted by molar-refractivity contribution is 9.10. The van der Waals surface area contributed by atoms with Crippen LogP contribution in [0.5, 0.6) is 0 Å². The lowest BCUT2D eigenvalue weighted by atomic mass is 9.93. The predicted octanol–water partition coefficient (Wildman–Crippen LogP) is 2.39. The van der Waals surface area contributed by atoms with Crippen molar-refractivity contribution >= 4 is 15.9 Å². The van der Waals surface area contributed by atoms with E-state index in [4.69, 9.17) is 10.6 Å². The molecule has 1 aromatic rings. The molecule has 0 aromatic heterocycles. The summed E-state index contributed by atoms with van der Waals surface area (Å²) in [6, 6.07) is 5.09. The lowest BCUT2D eigenvalue weighted by Crippen LogP contribution is -2.47. The van der Waals surface area contributed by atoms with E-state index < -0.39 is 0 Å². The van der Waals surface area contributed by atoms with E-state index in [1.54, 1.807) is 12.1 Å². The molecular formula is C13H18BrFN2O. The van der Waals surface area contributed by atoms with Crippen LogP contribution < -0.4 is 11.3 Å². The third-order valence-electron chi connectivity index (χ3n) is 3.49. The Kier molecular flexibility index (Phi) is 4.72. The van der Waals surface area contributed by atoms with E-state index in [1.807, 2.05) is 0 Å². The monoisotopic (exact) mass is 316 g/mol. The Bertz CT molecular complexity index is 416. The largest absolute Gasteiger partial charge is 0.376 e. The van der Waals surface area contributed by atoms with Crippen LogP contribution in [0, 0.1) is 11.7 Å². The van der Waals surface area contributed by atoms with Crippen LogP contribution in [0.3, 0.4) is 0 Å². The van der Waals surface area contributed by atoms with Gasteiger partial charge in [-0.3, -0.25) is 11.3 Å². The molecule has 1 fully saturated rings. The zero-order valence-corrected chi connectivity index (χ0v) is 11.9. The Labute approximate surface area is 115 Å². The Morgan fingerprint density at radius 3 is 2.94 bits per heavy atom. The van der Waals surface area contributed by atoms with E-state index in [2.05, 4.69) is 28.3 Å². The number of hydrogen-bond acceptors (Lipinski definition) is 3. The zero-order valence-electron chi connectivity index (χ0n) is 10.3. The van der Waals surface area contributed by atoms with Crippen LogP contribution in [0.2, 0.25) is 0 Å². The topological polar surface area (TPSA) is 47.3 Å². The first-order valence-corrected chi connectivity index (χ1v) is 6.92. The molecule has 3 N–H and O–H groups in total. The maximum absolute atomic E-state index is 13.2. The zero-order chi connectivity index (χ0) is 13.1. The Balaban J connectivity index is 2.07.